The summed E-state index contributed by atoms with van der Waals surface area (Å²) in [6.45, 7) is 2.04. The van der Waals surface area contributed by atoms with Crippen LogP contribution in [0.25, 0.3) is 0 Å². The standard InChI is InChI=1S/C13H12ClNO/c1-10-4-6-12(7-5-10)16-13-11(9-14)3-2-8-15-13/h2-8H,9H2,1H3. The van der Waals surface area contributed by atoms with Gasteiger partial charge in [0.2, 0.25) is 5.88 Å². The normalized spacial score (nSPS) is 10.1. The summed E-state index contributed by atoms with van der Waals surface area (Å²) in [4.78, 5) is 4.16. The van der Waals surface area contributed by atoms with Crippen molar-refractivity contribution in [3.63, 3.8) is 0 Å². The van der Waals surface area contributed by atoms with Crippen LogP contribution in [0.3, 0.4) is 0 Å². The van der Waals surface area contributed by atoms with Gasteiger partial charge in [0.05, 0.1) is 5.88 Å². The molecule has 1 aromatic heterocycles. The van der Waals surface area contributed by atoms with E-state index < -0.39 is 0 Å². The Bertz CT molecular complexity index is 468. The summed E-state index contributed by atoms with van der Waals surface area (Å²) in [6.07, 6.45) is 1.69. The van der Waals surface area contributed by atoms with E-state index in [1.54, 1.807) is 6.20 Å². The summed E-state index contributed by atoms with van der Waals surface area (Å²) in [5.41, 5.74) is 2.09. The van der Waals surface area contributed by atoms with Gasteiger partial charge in [-0.05, 0) is 25.1 Å². The summed E-state index contributed by atoms with van der Waals surface area (Å²) in [7, 11) is 0. The first kappa shape index (κ1) is 11.0. The third kappa shape index (κ3) is 2.52. The van der Waals surface area contributed by atoms with Crippen LogP contribution < -0.4 is 4.74 Å². The van der Waals surface area contributed by atoms with Gasteiger partial charge < -0.3 is 4.74 Å². The molecule has 0 aliphatic heterocycles. The predicted octanol–water partition coefficient (Wildman–Crippen LogP) is 3.92. The van der Waals surface area contributed by atoms with Crippen LogP contribution in [0.1, 0.15) is 11.1 Å². The first-order valence-corrected chi connectivity index (χ1v) is 5.57. The molecule has 1 heterocycles. The lowest BCUT2D eigenvalue weighted by molar-refractivity contribution is 0.458. The predicted molar refractivity (Wildman–Crippen MR) is 65.0 cm³/mol. The van der Waals surface area contributed by atoms with Crippen LogP contribution >= 0.6 is 11.6 Å². The zero-order valence-corrected chi connectivity index (χ0v) is 9.74. The largest absolute Gasteiger partial charge is 0.439 e. The third-order valence-corrected chi connectivity index (χ3v) is 2.52. The zero-order chi connectivity index (χ0) is 11.4. The molecular weight excluding hydrogens is 222 g/mol. The van der Waals surface area contributed by atoms with Crippen LogP contribution in [0, 0.1) is 6.92 Å². The van der Waals surface area contributed by atoms with Crippen molar-refractivity contribution in [2.24, 2.45) is 0 Å². The lowest BCUT2D eigenvalue weighted by Crippen LogP contribution is -1.92. The number of benzene rings is 1. The molecule has 0 fully saturated rings. The summed E-state index contributed by atoms with van der Waals surface area (Å²) < 4.78 is 5.66. The maximum absolute atomic E-state index is 5.80. The molecule has 0 amide bonds. The number of hydrogen-bond acceptors (Lipinski definition) is 2. The average Bonchev–Trinajstić information content (AvgIpc) is 2.33. The fraction of sp³-hybridized carbons (Fsp3) is 0.154. The number of nitrogens with zero attached hydrogens (tertiary/aromatic N) is 1. The van der Waals surface area contributed by atoms with Crippen molar-refractivity contribution in [3.8, 4) is 11.6 Å². The first-order chi connectivity index (χ1) is 7.79. The average molecular weight is 234 g/mol. The van der Waals surface area contributed by atoms with Gasteiger partial charge >= 0.3 is 0 Å². The van der Waals surface area contributed by atoms with E-state index >= 15 is 0 Å². The number of rotatable bonds is 3. The van der Waals surface area contributed by atoms with Crippen molar-refractivity contribution in [1.82, 2.24) is 4.98 Å². The second-order valence-electron chi connectivity index (χ2n) is 3.52. The molecule has 0 saturated carbocycles. The van der Waals surface area contributed by atoms with E-state index in [1.165, 1.54) is 5.56 Å². The fourth-order valence-corrected chi connectivity index (χ4v) is 1.54. The van der Waals surface area contributed by atoms with Gasteiger partial charge in [0.15, 0.2) is 0 Å². The highest BCUT2D eigenvalue weighted by Gasteiger charge is 2.04. The van der Waals surface area contributed by atoms with Gasteiger partial charge in [0.1, 0.15) is 5.75 Å². The number of hydrogen-bond donors (Lipinski definition) is 0. The number of alkyl halides is 1. The van der Waals surface area contributed by atoms with E-state index in [2.05, 4.69) is 4.98 Å². The second kappa shape index (κ2) is 4.99. The number of halogens is 1. The first-order valence-electron chi connectivity index (χ1n) is 5.04. The molecule has 0 aliphatic carbocycles. The van der Waals surface area contributed by atoms with Crippen LogP contribution in [0.15, 0.2) is 42.6 Å². The number of aromatic nitrogens is 1. The summed E-state index contributed by atoms with van der Waals surface area (Å²) in [6, 6.07) is 11.6. The topological polar surface area (TPSA) is 22.1 Å². The minimum Gasteiger partial charge on any atom is -0.439 e. The molecule has 1 aromatic carbocycles. The van der Waals surface area contributed by atoms with Crippen LogP contribution in [0.5, 0.6) is 11.6 Å². The maximum atomic E-state index is 5.80. The van der Waals surface area contributed by atoms with Gasteiger partial charge in [-0.2, -0.15) is 0 Å². The van der Waals surface area contributed by atoms with Gasteiger partial charge in [0, 0.05) is 11.8 Å². The highest BCUT2D eigenvalue weighted by Crippen LogP contribution is 2.23. The molecule has 0 N–H and O–H groups in total. The molecular formula is C13H12ClNO. The van der Waals surface area contributed by atoms with Crippen molar-refractivity contribution in [2.45, 2.75) is 12.8 Å². The molecule has 3 heteroatoms. The lowest BCUT2D eigenvalue weighted by Gasteiger charge is -2.07. The Morgan fingerprint density at radius 1 is 1.19 bits per heavy atom. The van der Waals surface area contributed by atoms with Gasteiger partial charge in [-0.15, -0.1) is 11.6 Å². The van der Waals surface area contributed by atoms with Crippen LogP contribution in [-0.2, 0) is 5.88 Å². The van der Waals surface area contributed by atoms with Crippen LogP contribution in [0.2, 0.25) is 0 Å². The molecule has 82 valence electrons. The molecule has 0 radical (unpaired) electrons. The molecule has 0 bridgehead atoms. The lowest BCUT2D eigenvalue weighted by atomic mass is 10.2. The Morgan fingerprint density at radius 2 is 1.94 bits per heavy atom. The summed E-state index contributed by atoms with van der Waals surface area (Å²) in [5, 5.41) is 0. The molecule has 0 saturated heterocycles. The van der Waals surface area contributed by atoms with Crippen molar-refractivity contribution in [3.05, 3.63) is 53.7 Å². The van der Waals surface area contributed by atoms with Crippen LogP contribution in [0.4, 0.5) is 0 Å². The zero-order valence-electron chi connectivity index (χ0n) is 8.98. The van der Waals surface area contributed by atoms with E-state index in [4.69, 9.17) is 16.3 Å². The van der Waals surface area contributed by atoms with Crippen molar-refractivity contribution in [2.75, 3.05) is 0 Å². The molecule has 16 heavy (non-hydrogen) atoms. The Labute approximate surface area is 99.9 Å². The molecule has 0 spiro atoms. The minimum atomic E-state index is 0.398. The van der Waals surface area contributed by atoms with Crippen LogP contribution in [-0.4, -0.2) is 4.98 Å². The highest BCUT2D eigenvalue weighted by molar-refractivity contribution is 6.17. The number of aryl methyl sites for hydroxylation is 1. The summed E-state index contributed by atoms with van der Waals surface area (Å²) in [5.74, 6) is 1.74. The van der Waals surface area contributed by atoms with Crippen molar-refractivity contribution in [1.29, 1.82) is 0 Å². The third-order valence-electron chi connectivity index (χ3n) is 2.23. The van der Waals surface area contributed by atoms with Gasteiger partial charge in [-0.1, -0.05) is 23.8 Å². The van der Waals surface area contributed by atoms with Gasteiger partial charge in [0.25, 0.3) is 0 Å². The molecule has 2 rings (SSSR count). The maximum Gasteiger partial charge on any atom is 0.223 e. The monoisotopic (exact) mass is 233 g/mol. The van der Waals surface area contributed by atoms with Crippen molar-refractivity contribution < 1.29 is 4.74 Å². The molecule has 2 aromatic rings. The Balaban J connectivity index is 2.23. The Hall–Kier alpha value is -1.54. The van der Waals surface area contributed by atoms with E-state index in [1.807, 2.05) is 43.3 Å². The number of ether oxygens (including phenoxy) is 1. The number of pyridine rings is 1. The molecule has 0 atom stereocenters. The van der Waals surface area contributed by atoms with Crippen molar-refractivity contribution >= 4 is 11.6 Å². The van der Waals surface area contributed by atoms with Gasteiger partial charge in [-0.3, -0.25) is 0 Å². The molecule has 0 aliphatic rings. The second-order valence-corrected chi connectivity index (χ2v) is 3.78. The highest BCUT2D eigenvalue weighted by atomic mass is 35.5. The smallest absolute Gasteiger partial charge is 0.223 e. The minimum absolute atomic E-state index is 0.398. The Morgan fingerprint density at radius 3 is 2.62 bits per heavy atom. The Kier molecular flexibility index (Phi) is 3.42. The van der Waals surface area contributed by atoms with E-state index in [9.17, 15) is 0 Å². The fourth-order valence-electron chi connectivity index (χ4n) is 1.34. The quantitative estimate of drug-likeness (QED) is 0.750. The van der Waals surface area contributed by atoms with E-state index in [-0.39, 0.29) is 0 Å². The summed E-state index contributed by atoms with van der Waals surface area (Å²) >= 11 is 5.80. The van der Waals surface area contributed by atoms with E-state index in [0.717, 1.165) is 11.3 Å². The molecule has 0 unspecified atom stereocenters. The SMILES string of the molecule is Cc1ccc(Oc2ncccc2CCl)cc1. The van der Waals surface area contributed by atoms with Gasteiger partial charge in [-0.25, -0.2) is 4.98 Å². The van der Waals surface area contributed by atoms with E-state index in [0.29, 0.717) is 11.8 Å². The molecule has 2 nitrogen and oxygen atoms in total.